The summed E-state index contributed by atoms with van der Waals surface area (Å²) in [6.07, 6.45) is 1.14. The lowest BCUT2D eigenvalue weighted by Gasteiger charge is -2.23. The van der Waals surface area contributed by atoms with E-state index < -0.39 is 26.0 Å². The molecule has 0 unspecified atom stereocenters. The normalized spacial score (nSPS) is 11.6. The Kier molecular flexibility index (Phi) is 8.29. The Balaban J connectivity index is 1.45. The third kappa shape index (κ3) is 7.17. The van der Waals surface area contributed by atoms with E-state index in [9.17, 15) is 21.6 Å². The maximum atomic E-state index is 12.8. The van der Waals surface area contributed by atoms with E-state index in [0.29, 0.717) is 27.6 Å². The molecule has 0 saturated carbocycles. The van der Waals surface area contributed by atoms with E-state index in [-0.39, 0.29) is 11.4 Å². The number of nitrogens with zero attached hydrogens (tertiary/aromatic N) is 1. The van der Waals surface area contributed by atoms with Crippen LogP contribution in [0.1, 0.15) is 21.5 Å². The van der Waals surface area contributed by atoms with Gasteiger partial charge in [0.15, 0.2) is 0 Å². The van der Waals surface area contributed by atoms with E-state index in [1.54, 1.807) is 36.4 Å². The zero-order chi connectivity index (χ0) is 28.2. The molecule has 0 aliphatic carbocycles. The molecular weight excluding hydrogens is 558 g/mol. The molecule has 0 radical (unpaired) electrons. The van der Waals surface area contributed by atoms with Gasteiger partial charge in [-0.05, 0) is 90.8 Å². The number of sulfonamides is 2. The Morgan fingerprint density at radius 3 is 1.97 bits per heavy atom. The van der Waals surface area contributed by atoms with Gasteiger partial charge in [-0.1, -0.05) is 35.9 Å². The minimum Gasteiger partial charge on any atom is -0.322 e. The van der Waals surface area contributed by atoms with Crippen LogP contribution in [-0.2, 0) is 26.6 Å². The lowest BCUT2D eigenvalue weighted by atomic mass is 10.1. The van der Waals surface area contributed by atoms with Crippen LogP contribution in [0.25, 0.3) is 0 Å². The van der Waals surface area contributed by atoms with Crippen LogP contribution < -0.4 is 14.3 Å². The predicted octanol–water partition coefficient (Wildman–Crippen LogP) is 5.67. The van der Waals surface area contributed by atoms with Gasteiger partial charge in [-0.25, -0.2) is 16.8 Å². The van der Waals surface area contributed by atoms with Crippen LogP contribution in [0.3, 0.4) is 0 Å². The quantitative estimate of drug-likeness (QED) is 0.264. The van der Waals surface area contributed by atoms with Gasteiger partial charge in [-0.3, -0.25) is 13.8 Å². The van der Waals surface area contributed by atoms with Crippen molar-refractivity contribution in [1.29, 1.82) is 0 Å². The van der Waals surface area contributed by atoms with Gasteiger partial charge < -0.3 is 5.32 Å². The van der Waals surface area contributed by atoms with E-state index in [1.165, 1.54) is 40.7 Å². The van der Waals surface area contributed by atoms with Crippen molar-refractivity contribution >= 4 is 54.6 Å². The van der Waals surface area contributed by atoms with Crippen molar-refractivity contribution in [3.63, 3.8) is 0 Å². The third-order valence-corrected chi connectivity index (χ3v) is 8.70. The SMILES string of the molecule is Cc1ccccc1CN(c1ccc(C(=O)Nc2ccc(S(=O)(=O)Nc3ccc(Cl)cc3)cc2)cc1)S(C)(=O)=O. The lowest BCUT2D eigenvalue weighted by Crippen LogP contribution is -2.29. The van der Waals surface area contributed by atoms with Crippen LogP contribution in [0, 0.1) is 6.92 Å². The molecule has 202 valence electrons. The molecule has 39 heavy (non-hydrogen) atoms. The minimum absolute atomic E-state index is 0.0225. The van der Waals surface area contributed by atoms with Gasteiger partial charge in [-0.2, -0.15) is 0 Å². The van der Waals surface area contributed by atoms with Crippen molar-refractivity contribution in [2.75, 3.05) is 20.6 Å². The standard InChI is InChI=1S/C28H26ClN3O5S2/c1-20-5-3-4-6-22(20)19-32(38(2,34)35)26-15-7-21(8-16-26)28(33)30-24-13-17-27(18-14-24)39(36,37)31-25-11-9-23(29)10-12-25/h3-18,31H,19H2,1-2H3,(H,30,33). The highest BCUT2D eigenvalue weighted by Crippen LogP contribution is 2.24. The summed E-state index contributed by atoms with van der Waals surface area (Å²) in [5.41, 5.74) is 3.35. The average molecular weight is 584 g/mol. The Bertz CT molecular complexity index is 1690. The first-order valence-electron chi connectivity index (χ1n) is 11.7. The second-order valence-corrected chi connectivity index (χ2v) is 12.9. The minimum atomic E-state index is -3.83. The van der Waals surface area contributed by atoms with Crippen LogP contribution in [0.15, 0.2) is 102 Å². The van der Waals surface area contributed by atoms with Crippen molar-refractivity contribution in [3.05, 3.63) is 119 Å². The van der Waals surface area contributed by atoms with Crippen molar-refractivity contribution in [2.24, 2.45) is 0 Å². The molecule has 2 N–H and O–H groups in total. The highest BCUT2D eigenvalue weighted by molar-refractivity contribution is 7.92. The summed E-state index contributed by atoms with van der Waals surface area (Å²) in [6.45, 7) is 2.08. The Hall–Kier alpha value is -3.86. The maximum Gasteiger partial charge on any atom is 0.261 e. The maximum absolute atomic E-state index is 12.8. The summed E-state index contributed by atoms with van der Waals surface area (Å²) in [5.74, 6) is -0.429. The van der Waals surface area contributed by atoms with Gasteiger partial charge in [0.25, 0.3) is 15.9 Å². The molecule has 0 bridgehead atoms. The van der Waals surface area contributed by atoms with E-state index in [1.807, 2.05) is 31.2 Å². The van der Waals surface area contributed by atoms with Crippen LogP contribution in [0.4, 0.5) is 17.1 Å². The number of hydrogen-bond acceptors (Lipinski definition) is 5. The average Bonchev–Trinajstić information content (AvgIpc) is 2.89. The molecule has 0 heterocycles. The van der Waals surface area contributed by atoms with Gasteiger partial charge in [0.1, 0.15) is 0 Å². The first kappa shape index (κ1) is 28.2. The highest BCUT2D eigenvalue weighted by Gasteiger charge is 2.19. The van der Waals surface area contributed by atoms with Crippen molar-refractivity contribution in [3.8, 4) is 0 Å². The molecule has 4 rings (SSSR count). The molecule has 1 amide bonds. The molecule has 0 saturated heterocycles. The van der Waals surface area contributed by atoms with Gasteiger partial charge >= 0.3 is 0 Å². The summed E-state index contributed by atoms with van der Waals surface area (Å²) in [6, 6.07) is 25.8. The number of anilines is 3. The monoisotopic (exact) mass is 583 g/mol. The summed E-state index contributed by atoms with van der Waals surface area (Å²) < 4.78 is 54.1. The Morgan fingerprint density at radius 2 is 1.38 bits per heavy atom. The Morgan fingerprint density at radius 1 is 0.795 bits per heavy atom. The molecular formula is C28H26ClN3O5S2. The van der Waals surface area contributed by atoms with Gasteiger partial charge in [0.05, 0.1) is 23.4 Å². The highest BCUT2D eigenvalue weighted by atomic mass is 35.5. The first-order valence-corrected chi connectivity index (χ1v) is 15.5. The number of amides is 1. The van der Waals surface area contributed by atoms with Gasteiger partial charge in [0.2, 0.25) is 10.0 Å². The van der Waals surface area contributed by atoms with E-state index >= 15 is 0 Å². The van der Waals surface area contributed by atoms with Crippen LogP contribution in [0.5, 0.6) is 0 Å². The zero-order valence-electron chi connectivity index (χ0n) is 21.1. The second kappa shape index (κ2) is 11.5. The molecule has 4 aromatic carbocycles. The van der Waals surface area contributed by atoms with Gasteiger partial charge in [0, 0.05) is 22.0 Å². The molecule has 8 nitrogen and oxygen atoms in total. The van der Waals surface area contributed by atoms with E-state index in [2.05, 4.69) is 10.0 Å². The number of carbonyl (C=O) groups excluding carboxylic acids is 1. The number of benzene rings is 4. The van der Waals surface area contributed by atoms with E-state index in [4.69, 9.17) is 11.6 Å². The number of rotatable bonds is 9. The third-order valence-electron chi connectivity index (χ3n) is 5.91. The molecule has 4 aromatic rings. The summed E-state index contributed by atoms with van der Waals surface area (Å²) in [5, 5.41) is 3.21. The van der Waals surface area contributed by atoms with Crippen LogP contribution >= 0.6 is 11.6 Å². The molecule has 0 aliphatic rings. The number of carbonyl (C=O) groups is 1. The fraction of sp³-hybridized carbons (Fsp3) is 0.107. The topological polar surface area (TPSA) is 113 Å². The number of nitrogens with one attached hydrogen (secondary N) is 2. The fourth-order valence-electron chi connectivity index (χ4n) is 3.77. The largest absolute Gasteiger partial charge is 0.322 e. The van der Waals surface area contributed by atoms with E-state index in [0.717, 1.165) is 17.4 Å². The number of halogens is 1. The lowest BCUT2D eigenvalue weighted by molar-refractivity contribution is 0.102. The number of hydrogen-bond donors (Lipinski definition) is 2. The van der Waals surface area contributed by atoms with Crippen LogP contribution in [-0.4, -0.2) is 29.0 Å². The van der Waals surface area contributed by atoms with Crippen molar-refractivity contribution in [2.45, 2.75) is 18.4 Å². The van der Waals surface area contributed by atoms with Gasteiger partial charge in [-0.15, -0.1) is 0 Å². The fourth-order valence-corrected chi connectivity index (χ4v) is 5.84. The molecule has 0 aliphatic heterocycles. The smallest absolute Gasteiger partial charge is 0.261 e. The molecule has 0 atom stereocenters. The predicted molar refractivity (Wildman–Crippen MR) is 155 cm³/mol. The molecule has 0 fully saturated rings. The summed E-state index contributed by atoms with van der Waals surface area (Å²) in [7, 11) is -7.41. The van der Waals surface area contributed by atoms with Crippen molar-refractivity contribution in [1.82, 2.24) is 0 Å². The molecule has 11 heteroatoms. The molecule has 0 spiro atoms. The summed E-state index contributed by atoms with van der Waals surface area (Å²) in [4.78, 5) is 12.8. The van der Waals surface area contributed by atoms with Crippen molar-refractivity contribution < 1.29 is 21.6 Å². The van der Waals surface area contributed by atoms with Crippen LogP contribution in [0.2, 0.25) is 5.02 Å². The summed E-state index contributed by atoms with van der Waals surface area (Å²) >= 11 is 5.84. The second-order valence-electron chi connectivity index (χ2n) is 8.83. The first-order chi connectivity index (χ1) is 18.4. The number of aryl methyl sites for hydroxylation is 1. The Labute approximate surface area is 233 Å². The molecule has 0 aromatic heterocycles. The zero-order valence-corrected chi connectivity index (χ0v) is 23.5.